The van der Waals surface area contributed by atoms with Gasteiger partial charge in [0, 0.05) is 55.1 Å². The molecule has 0 bridgehead atoms. The molecule has 1 aliphatic rings. The van der Waals surface area contributed by atoms with Crippen LogP contribution in [0.3, 0.4) is 0 Å². The number of fused-ring (bicyclic) bond motifs is 2. The monoisotopic (exact) mass is 591 g/mol. The van der Waals surface area contributed by atoms with Crippen LogP contribution in [-0.2, 0) is 24.3 Å². The van der Waals surface area contributed by atoms with Crippen LogP contribution in [-0.4, -0.2) is 53.6 Å². The fraction of sp³-hybridized carbons (Fsp3) is 0.469. The number of carbonyl (C=O) groups is 1. The minimum atomic E-state index is -0.761. The number of aromatic nitrogens is 2. The number of hydrogen-bond acceptors (Lipinski definition) is 7. The molecule has 42 heavy (non-hydrogen) atoms. The van der Waals surface area contributed by atoms with Gasteiger partial charge >= 0.3 is 0 Å². The number of pyridine rings is 1. The number of nitrogens with zero attached hydrogens (tertiary/aromatic N) is 5. The molecule has 0 saturated heterocycles. The average molecular weight is 592 g/mol. The summed E-state index contributed by atoms with van der Waals surface area (Å²) >= 11 is 1.64. The van der Waals surface area contributed by atoms with Crippen LogP contribution < -0.4 is 15.1 Å². The first-order valence-electron chi connectivity index (χ1n) is 14.5. The van der Waals surface area contributed by atoms with Gasteiger partial charge in [-0.1, -0.05) is 6.07 Å². The number of furan rings is 1. The number of rotatable bonds is 9. The Kier molecular flexibility index (Phi) is 8.19. The lowest BCUT2D eigenvalue weighted by molar-refractivity contribution is -0.126. The lowest BCUT2D eigenvalue weighted by atomic mass is 9.91. The second-order valence-corrected chi connectivity index (χ2v) is 13.3. The third-order valence-electron chi connectivity index (χ3n) is 8.13. The van der Waals surface area contributed by atoms with Gasteiger partial charge in [0.05, 0.1) is 30.9 Å². The molecular weight excluding hydrogens is 550 g/mol. The van der Waals surface area contributed by atoms with Crippen molar-refractivity contribution in [2.75, 3.05) is 38.1 Å². The number of quaternary nitrogens is 1. The molecule has 0 spiro atoms. The molecule has 0 saturated carbocycles. The number of benzene rings is 1. The molecule has 0 aliphatic carbocycles. The second kappa shape index (κ2) is 11.4. The number of thiazole rings is 1. The molecule has 1 aromatic carbocycles. The molecule has 10 heteroatoms. The Balaban J connectivity index is 1.39. The Morgan fingerprint density at radius 3 is 2.62 bits per heavy atom. The van der Waals surface area contributed by atoms with E-state index in [9.17, 15) is 14.8 Å². The van der Waals surface area contributed by atoms with Gasteiger partial charge in [-0.15, -0.1) is 11.3 Å². The van der Waals surface area contributed by atoms with Gasteiger partial charge in [-0.05, 0) is 65.7 Å². The fourth-order valence-corrected chi connectivity index (χ4v) is 6.95. The maximum Gasteiger partial charge on any atom is 0.261 e. The predicted molar refractivity (Wildman–Crippen MR) is 170 cm³/mol. The van der Waals surface area contributed by atoms with E-state index in [0.29, 0.717) is 48.5 Å². The van der Waals surface area contributed by atoms with Crippen LogP contribution in [0, 0.1) is 31.4 Å². The van der Waals surface area contributed by atoms with E-state index in [1.165, 1.54) is 0 Å². The highest BCUT2D eigenvalue weighted by atomic mass is 32.1. The smallest absolute Gasteiger partial charge is 0.261 e. The summed E-state index contributed by atoms with van der Waals surface area (Å²) in [6.45, 7) is 14.8. The fourth-order valence-electron chi connectivity index (χ4n) is 6.14. The summed E-state index contributed by atoms with van der Waals surface area (Å²) in [5.74, 6) is 0.711. The van der Waals surface area contributed by atoms with Gasteiger partial charge in [-0.3, -0.25) is 14.5 Å². The third-order valence-corrected chi connectivity index (χ3v) is 9.08. The van der Waals surface area contributed by atoms with Crippen molar-refractivity contribution in [2.45, 2.75) is 61.1 Å². The standard InChI is InChI=1S/C32H41N5O4S/c1-8-36-26-10-9-24(16-27(26)37(7,40)20-32(5,6)31(36)39)11-12-34(18-28-33-22(3)19-42-28)13-14-35-17-21(2)29-25(30(35)38)15-23(4)41-29/h9-10,15-17,19H,8,11-14,18,20H2,1-7H3. The Labute approximate surface area is 251 Å². The zero-order valence-electron chi connectivity index (χ0n) is 25.7. The largest absolute Gasteiger partial charge is 0.627 e. The van der Waals surface area contributed by atoms with Crippen molar-refractivity contribution in [3.05, 3.63) is 79.0 Å². The Hall–Kier alpha value is -3.31. The summed E-state index contributed by atoms with van der Waals surface area (Å²) in [5, 5.41) is 17.5. The van der Waals surface area contributed by atoms with Crippen molar-refractivity contribution in [1.82, 2.24) is 19.1 Å². The van der Waals surface area contributed by atoms with Crippen LogP contribution in [0.4, 0.5) is 11.4 Å². The van der Waals surface area contributed by atoms with Crippen molar-refractivity contribution in [2.24, 2.45) is 5.41 Å². The highest BCUT2D eigenvalue weighted by Gasteiger charge is 2.43. The van der Waals surface area contributed by atoms with Gasteiger partial charge < -0.3 is 23.7 Å². The summed E-state index contributed by atoms with van der Waals surface area (Å²) in [7, 11) is 1.64. The normalized spacial score (nSPS) is 18.6. The number of carbonyl (C=O) groups excluding carboxylic acids is 1. The van der Waals surface area contributed by atoms with E-state index in [-0.39, 0.29) is 18.0 Å². The first-order valence-corrected chi connectivity index (χ1v) is 15.4. The van der Waals surface area contributed by atoms with E-state index in [1.54, 1.807) is 27.9 Å². The summed E-state index contributed by atoms with van der Waals surface area (Å²) in [6.07, 6.45) is 2.59. The van der Waals surface area contributed by atoms with E-state index >= 15 is 0 Å². The van der Waals surface area contributed by atoms with Crippen LogP contribution in [0.25, 0.3) is 11.0 Å². The maximum atomic E-state index is 13.8. The molecule has 0 radical (unpaired) electrons. The highest BCUT2D eigenvalue weighted by molar-refractivity contribution is 7.09. The number of anilines is 1. The molecule has 4 heterocycles. The van der Waals surface area contributed by atoms with Gasteiger partial charge in [-0.25, -0.2) is 4.98 Å². The third kappa shape index (κ3) is 5.94. The van der Waals surface area contributed by atoms with Crippen LogP contribution in [0.2, 0.25) is 0 Å². The molecular formula is C32H41N5O4S. The second-order valence-electron chi connectivity index (χ2n) is 12.3. The van der Waals surface area contributed by atoms with Crippen LogP contribution >= 0.6 is 11.3 Å². The van der Waals surface area contributed by atoms with Gasteiger partial charge in [-0.2, -0.15) is 0 Å². The van der Waals surface area contributed by atoms with Gasteiger partial charge in [0.15, 0.2) is 5.69 Å². The molecule has 1 atom stereocenters. The quantitative estimate of drug-likeness (QED) is 0.187. The zero-order chi connectivity index (χ0) is 30.4. The summed E-state index contributed by atoms with van der Waals surface area (Å²) in [5.41, 5.74) is 4.15. The van der Waals surface area contributed by atoms with E-state index in [4.69, 9.17) is 4.42 Å². The average Bonchev–Trinajstić information content (AvgIpc) is 3.52. The Morgan fingerprint density at radius 1 is 1.17 bits per heavy atom. The molecule has 0 fully saturated rings. The minimum absolute atomic E-state index is 0.0177. The van der Waals surface area contributed by atoms with E-state index in [2.05, 4.69) is 15.3 Å². The SMILES string of the molecule is CCN1C(=O)C(C)(C)C[N+](C)([O-])c2cc(CCN(CCn3cc(C)c4oc(C)cc4c3=O)Cc3nc(C)cs3)ccc21. The molecule has 224 valence electrons. The van der Waals surface area contributed by atoms with E-state index < -0.39 is 10.1 Å². The van der Waals surface area contributed by atoms with Crippen molar-refractivity contribution >= 4 is 39.6 Å². The lowest BCUT2D eigenvalue weighted by Crippen LogP contribution is -2.49. The Bertz CT molecular complexity index is 1680. The van der Waals surface area contributed by atoms with Crippen molar-refractivity contribution in [1.29, 1.82) is 0 Å². The maximum absolute atomic E-state index is 13.8. The van der Waals surface area contributed by atoms with Crippen molar-refractivity contribution < 1.29 is 9.21 Å². The lowest BCUT2D eigenvalue weighted by Gasteiger charge is -2.41. The molecule has 0 N–H and O–H groups in total. The van der Waals surface area contributed by atoms with Crippen LogP contribution in [0.15, 0.2) is 45.1 Å². The van der Waals surface area contributed by atoms with Gasteiger partial charge in [0.1, 0.15) is 22.0 Å². The number of aryl methyl sites for hydroxylation is 3. The predicted octanol–water partition coefficient (Wildman–Crippen LogP) is 5.55. The Morgan fingerprint density at radius 2 is 1.93 bits per heavy atom. The number of hydrogen-bond donors (Lipinski definition) is 0. The summed E-state index contributed by atoms with van der Waals surface area (Å²) < 4.78 is 6.92. The van der Waals surface area contributed by atoms with E-state index in [0.717, 1.165) is 40.6 Å². The number of amides is 1. The van der Waals surface area contributed by atoms with Gasteiger partial charge in [0.25, 0.3) is 5.56 Å². The highest BCUT2D eigenvalue weighted by Crippen LogP contribution is 2.41. The zero-order valence-corrected chi connectivity index (χ0v) is 26.5. The summed E-state index contributed by atoms with van der Waals surface area (Å²) in [4.78, 5) is 35.2. The van der Waals surface area contributed by atoms with Crippen LogP contribution in [0.5, 0.6) is 0 Å². The molecule has 5 rings (SSSR count). The van der Waals surface area contributed by atoms with Crippen molar-refractivity contribution in [3.63, 3.8) is 0 Å². The molecule has 1 aliphatic heterocycles. The molecule has 1 unspecified atom stereocenters. The number of hydroxylamine groups is 2. The molecule has 3 aromatic heterocycles. The minimum Gasteiger partial charge on any atom is -0.627 e. The van der Waals surface area contributed by atoms with Crippen LogP contribution in [0.1, 0.15) is 48.4 Å². The molecule has 4 aromatic rings. The van der Waals surface area contributed by atoms with Gasteiger partial charge in [0.2, 0.25) is 5.91 Å². The first kappa shape index (κ1) is 30.2. The molecule has 9 nitrogen and oxygen atoms in total. The molecule has 1 amide bonds. The van der Waals surface area contributed by atoms with Crippen molar-refractivity contribution in [3.8, 4) is 0 Å². The topological polar surface area (TPSA) is 94.6 Å². The summed E-state index contributed by atoms with van der Waals surface area (Å²) in [6, 6.07) is 7.75. The first-order chi connectivity index (χ1) is 19.8. The van der Waals surface area contributed by atoms with E-state index in [1.807, 2.05) is 72.0 Å².